The van der Waals surface area contributed by atoms with Crippen molar-refractivity contribution >= 4 is 26.0 Å². The van der Waals surface area contributed by atoms with Crippen molar-refractivity contribution in [1.29, 1.82) is 5.26 Å². The van der Waals surface area contributed by atoms with E-state index in [4.69, 9.17) is 5.26 Å². The van der Waals surface area contributed by atoms with E-state index in [0.717, 1.165) is 4.31 Å². The first-order valence-corrected chi connectivity index (χ1v) is 6.89. The minimum absolute atomic E-state index is 0.139. The van der Waals surface area contributed by atoms with Crippen molar-refractivity contribution in [3.05, 3.63) is 28.7 Å². The Hall–Kier alpha value is -0.900. The lowest BCUT2D eigenvalue weighted by Crippen LogP contribution is -2.31. The molecule has 0 unspecified atom stereocenters. The molecule has 0 saturated carbocycles. The van der Waals surface area contributed by atoms with E-state index in [1.165, 1.54) is 6.07 Å². The Bertz CT molecular complexity index is 508. The molecule has 0 N–H and O–H groups in total. The minimum atomic E-state index is -3.58. The maximum absolute atomic E-state index is 12.1. The highest BCUT2D eigenvalue weighted by atomic mass is 79.9. The molecule has 0 radical (unpaired) electrons. The van der Waals surface area contributed by atoms with Gasteiger partial charge in [0.1, 0.15) is 6.54 Å². The van der Waals surface area contributed by atoms with E-state index in [1.807, 2.05) is 6.07 Å². The van der Waals surface area contributed by atoms with Crippen molar-refractivity contribution in [2.24, 2.45) is 0 Å². The average Bonchev–Trinajstić information content (AvgIpc) is 2.26. The molecule has 6 heteroatoms. The first-order valence-electron chi connectivity index (χ1n) is 4.65. The Morgan fingerprint density at radius 3 is 2.56 bits per heavy atom. The molecule has 86 valence electrons. The third-order valence-corrected chi connectivity index (χ3v) is 4.99. The highest BCUT2D eigenvalue weighted by Gasteiger charge is 2.24. The SMILES string of the molecule is CCN(CC#N)S(=O)(=O)c1ccccc1Br. The maximum Gasteiger partial charge on any atom is 0.245 e. The van der Waals surface area contributed by atoms with Crippen LogP contribution in [-0.2, 0) is 10.0 Å². The molecular formula is C10H11BrN2O2S. The molecule has 0 aliphatic heterocycles. The molecule has 0 heterocycles. The van der Waals surface area contributed by atoms with Crippen LogP contribution in [0.1, 0.15) is 6.92 Å². The summed E-state index contributed by atoms with van der Waals surface area (Å²) in [6, 6.07) is 8.41. The molecule has 0 fully saturated rings. The van der Waals surface area contributed by atoms with Gasteiger partial charge >= 0.3 is 0 Å². The Morgan fingerprint density at radius 1 is 1.44 bits per heavy atom. The topological polar surface area (TPSA) is 61.2 Å². The zero-order valence-electron chi connectivity index (χ0n) is 8.72. The summed E-state index contributed by atoms with van der Waals surface area (Å²) in [7, 11) is -3.58. The van der Waals surface area contributed by atoms with Crippen LogP contribution in [-0.4, -0.2) is 25.8 Å². The highest BCUT2D eigenvalue weighted by molar-refractivity contribution is 9.10. The molecule has 16 heavy (non-hydrogen) atoms. The summed E-state index contributed by atoms with van der Waals surface area (Å²) in [6.45, 7) is 1.84. The lowest BCUT2D eigenvalue weighted by Gasteiger charge is -2.17. The molecular weight excluding hydrogens is 292 g/mol. The Kier molecular flexibility index (Phi) is 4.47. The van der Waals surface area contributed by atoms with Crippen molar-refractivity contribution in [2.45, 2.75) is 11.8 Å². The second-order valence-electron chi connectivity index (χ2n) is 3.02. The van der Waals surface area contributed by atoms with Gasteiger partial charge in [-0.15, -0.1) is 0 Å². The second kappa shape index (κ2) is 5.43. The number of halogens is 1. The number of benzene rings is 1. The third-order valence-electron chi connectivity index (χ3n) is 2.05. The quantitative estimate of drug-likeness (QED) is 0.799. The Morgan fingerprint density at radius 2 is 2.06 bits per heavy atom. The van der Waals surface area contributed by atoms with Gasteiger partial charge in [-0.25, -0.2) is 8.42 Å². The van der Waals surface area contributed by atoms with Gasteiger partial charge < -0.3 is 0 Å². The molecule has 0 saturated heterocycles. The average molecular weight is 303 g/mol. The molecule has 0 bridgehead atoms. The van der Waals surface area contributed by atoms with Gasteiger partial charge in [0, 0.05) is 11.0 Å². The molecule has 1 aromatic carbocycles. The van der Waals surface area contributed by atoms with Gasteiger partial charge in [0.25, 0.3) is 0 Å². The fourth-order valence-corrected chi connectivity index (χ4v) is 3.55. The van der Waals surface area contributed by atoms with Crippen molar-refractivity contribution < 1.29 is 8.42 Å². The monoisotopic (exact) mass is 302 g/mol. The van der Waals surface area contributed by atoms with Crippen LogP contribution in [0.2, 0.25) is 0 Å². The summed E-state index contributed by atoms with van der Waals surface area (Å²) < 4.78 is 25.9. The number of hydrogen-bond donors (Lipinski definition) is 0. The summed E-state index contributed by atoms with van der Waals surface area (Å²) >= 11 is 3.19. The van der Waals surface area contributed by atoms with Crippen LogP contribution < -0.4 is 0 Å². The van der Waals surface area contributed by atoms with Crippen molar-refractivity contribution in [2.75, 3.05) is 13.1 Å². The van der Waals surface area contributed by atoms with Crippen LogP contribution in [0.3, 0.4) is 0 Å². The largest absolute Gasteiger partial charge is 0.245 e. The third kappa shape index (κ3) is 2.61. The van der Waals surface area contributed by atoms with E-state index in [9.17, 15) is 8.42 Å². The molecule has 0 aliphatic rings. The zero-order valence-corrected chi connectivity index (χ0v) is 11.1. The Labute approximate surface area is 104 Å². The van der Waals surface area contributed by atoms with Gasteiger partial charge in [0.2, 0.25) is 10.0 Å². The lowest BCUT2D eigenvalue weighted by atomic mass is 10.4. The number of sulfonamides is 1. The summed E-state index contributed by atoms with van der Waals surface area (Å²) in [5.41, 5.74) is 0. The van der Waals surface area contributed by atoms with Crippen molar-refractivity contribution in [1.82, 2.24) is 4.31 Å². The molecule has 0 aliphatic carbocycles. The normalized spacial score (nSPS) is 11.4. The second-order valence-corrected chi connectivity index (χ2v) is 5.78. The predicted octanol–water partition coefficient (Wildman–Crippen LogP) is 1.98. The number of nitriles is 1. The maximum atomic E-state index is 12.1. The highest BCUT2D eigenvalue weighted by Crippen LogP contribution is 2.24. The summed E-state index contributed by atoms with van der Waals surface area (Å²) in [5.74, 6) is 0. The smallest absolute Gasteiger partial charge is 0.207 e. The first kappa shape index (κ1) is 13.2. The van der Waals surface area contributed by atoms with Crippen LogP contribution in [0.5, 0.6) is 0 Å². The molecule has 4 nitrogen and oxygen atoms in total. The van der Waals surface area contributed by atoms with Gasteiger partial charge in [0.05, 0.1) is 11.0 Å². The lowest BCUT2D eigenvalue weighted by molar-refractivity contribution is 0.462. The van der Waals surface area contributed by atoms with Gasteiger partial charge in [-0.2, -0.15) is 9.57 Å². The number of hydrogen-bond acceptors (Lipinski definition) is 3. The summed E-state index contributed by atoms with van der Waals surface area (Å²) in [6.07, 6.45) is 0. The summed E-state index contributed by atoms with van der Waals surface area (Å²) in [4.78, 5) is 0.187. The van der Waals surface area contributed by atoms with Crippen LogP contribution >= 0.6 is 15.9 Å². The van der Waals surface area contributed by atoms with E-state index in [0.29, 0.717) is 4.47 Å². The van der Waals surface area contributed by atoms with E-state index in [1.54, 1.807) is 25.1 Å². The van der Waals surface area contributed by atoms with Crippen molar-refractivity contribution in [3.63, 3.8) is 0 Å². The fraction of sp³-hybridized carbons (Fsp3) is 0.300. The van der Waals surface area contributed by atoms with Crippen molar-refractivity contribution in [3.8, 4) is 6.07 Å². The Balaban J connectivity index is 3.22. The molecule has 0 amide bonds. The van der Waals surface area contributed by atoms with Gasteiger partial charge in [-0.05, 0) is 28.1 Å². The molecule has 1 rings (SSSR count). The molecule has 0 aromatic heterocycles. The van der Waals surface area contributed by atoms with Gasteiger partial charge in [0.15, 0.2) is 0 Å². The van der Waals surface area contributed by atoms with Crippen LogP contribution in [0, 0.1) is 11.3 Å². The molecule has 0 spiro atoms. The predicted molar refractivity (Wildman–Crippen MR) is 64.2 cm³/mol. The van der Waals surface area contributed by atoms with Gasteiger partial charge in [-0.1, -0.05) is 19.1 Å². The minimum Gasteiger partial charge on any atom is -0.207 e. The van der Waals surface area contributed by atoms with Crippen LogP contribution in [0.25, 0.3) is 0 Å². The first-order chi connectivity index (χ1) is 7.54. The summed E-state index contributed by atoms with van der Waals surface area (Å²) in [5, 5.41) is 8.58. The van der Waals surface area contributed by atoms with E-state index in [-0.39, 0.29) is 18.0 Å². The standard InChI is InChI=1S/C10H11BrN2O2S/c1-2-13(8-7-12)16(14,15)10-6-4-3-5-9(10)11/h3-6H,2,8H2,1H3. The van der Waals surface area contributed by atoms with Crippen LogP contribution in [0.15, 0.2) is 33.6 Å². The van der Waals surface area contributed by atoms with E-state index >= 15 is 0 Å². The van der Waals surface area contributed by atoms with E-state index in [2.05, 4.69) is 15.9 Å². The molecule has 0 atom stereocenters. The number of rotatable bonds is 4. The van der Waals surface area contributed by atoms with E-state index < -0.39 is 10.0 Å². The zero-order chi connectivity index (χ0) is 12.2. The number of nitrogens with zero attached hydrogens (tertiary/aromatic N) is 2. The van der Waals surface area contributed by atoms with Crippen LogP contribution in [0.4, 0.5) is 0 Å². The molecule has 1 aromatic rings. The fourth-order valence-electron chi connectivity index (χ4n) is 1.24. The van der Waals surface area contributed by atoms with Gasteiger partial charge in [-0.3, -0.25) is 0 Å².